The average molecular weight is 342 g/mol. The summed E-state index contributed by atoms with van der Waals surface area (Å²) >= 11 is 0. The van der Waals surface area contributed by atoms with Gasteiger partial charge in [0.2, 0.25) is 5.91 Å². The number of H-pyrrole nitrogens is 1. The number of hydrogen-bond acceptors (Lipinski definition) is 4. The van der Waals surface area contributed by atoms with Gasteiger partial charge in [-0.1, -0.05) is 43.7 Å². The number of amides is 1. The van der Waals surface area contributed by atoms with Crippen molar-refractivity contribution in [2.75, 3.05) is 6.54 Å². The van der Waals surface area contributed by atoms with E-state index in [1.54, 1.807) is 0 Å². The van der Waals surface area contributed by atoms with Crippen LogP contribution in [0.4, 0.5) is 0 Å². The molecule has 3 rings (SSSR count). The van der Waals surface area contributed by atoms with E-state index in [0.717, 1.165) is 17.8 Å². The van der Waals surface area contributed by atoms with Crippen LogP contribution in [0, 0.1) is 19.8 Å². The topological polar surface area (TPSA) is 71.1 Å². The standard InChI is InChI=1S/C19H26N4O2/c1-12(2)19(24)23-10-16(9-17(23)18-20-14(4)21-22-18)25-11-15-7-5-6-13(3)8-15/h5-8,12,16-17H,9-11H2,1-4H3,(H,20,21,22)/t16-,17-/m0/s1. The van der Waals surface area contributed by atoms with Crippen LogP contribution in [0.25, 0.3) is 0 Å². The summed E-state index contributed by atoms with van der Waals surface area (Å²) in [4.78, 5) is 18.9. The highest BCUT2D eigenvalue weighted by atomic mass is 16.5. The Balaban J connectivity index is 1.71. The molecule has 1 amide bonds. The average Bonchev–Trinajstić information content (AvgIpc) is 3.18. The van der Waals surface area contributed by atoms with E-state index < -0.39 is 0 Å². The molecule has 0 bridgehead atoms. The van der Waals surface area contributed by atoms with E-state index in [9.17, 15) is 4.79 Å². The second kappa shape index (κ2) is 7.35. The monoisotopic (exact) mass is 342 g/mol. The van der Waals surface area contributed by atoms with Crippen LogP contribution in [0.2, 0.25) is 0 Å². The van der Waals surface area contributed by atoms with Gasteiger partial charge >= 0.3 is 0 Å². The molecule has 0 aliphatic carbocycles. The van der Waals surface area contributed by atoms with Gasteiger partial charge in [-0.05, 0) is 19.4 Å². The molecule has 1 aromatic carbocycles. The van der Waals surface area contributed by atoms with Crippen LogP contribution in [-0.2, 0) is 16.1 Å². The van der Waals surface area contributed by atoms with Gasteiger partial charge < -0.3 is 9.64 Å². The minimum Gasteiger partial charge on any atom is -0.372 e. The zero-order chi connectivity index (χ0) is 18.0. The summed E-state index contributed by atoms with van der Waals surface area (Å²) in [5.41, 5.74) is 2.37. The maximum Gasteiger partial charge on any atom is 0.225 e. The van der Waals surface area contributed by atoms with Crippen LogP contribution < -0.4 is 0 Å². The van der Waals surface area contributed by atoms with Crippen molar-refractivity contribution in [3.63, 3.8) is 0 Å². The molecule has 134 valence electrons. The Morgan fingerprint density at radius 3 is 2.84 bits per heavy atom. The number of benzene rings is 1. The second-order valence-corrected chi connectivity index (χ2v) is 7.10. The largest absolute Gasteiger partial charge is 0.372 e. The number of likely N-dealkylation sites (tertiary alicyclic amines) is 1. The first kappa shape index (κ1) is 17.6. The Bertz CT molecular complexity index is 741. The number of aromatic nitrogens is 3. The third-order valence-electron chi connectivity index (χ3n) is 4.52. The highest BCUT2D eigenvalue weighted by Gasteiger charge is 2.39. The molecule has 0 unspecified atom stereocenters. The molecule has 0 spiro atoms. The number of rotatable bonds is 5. The summed E-state index contributed by atoms with van der Waals surface area (Å²) in [5, 5.41) is 7.14. The van der Waals surface area contributed by atoms with Crippen LogP contribution >= 0.6 is 0 Å². The summed E-state index contributed by atoms with van der Waals surface area (Å²) in [7, 11) is 0. The fraction of sp³-hybridized carbons (Fsp3) is 0.526. The lowest BCUT2D eigenvalue weighted by molar-refractivity contribution is -0.136. The number of nitrogens with one attached hydrogen (secondary N) is 1. The number of aromatic amines is 1. The number of hydrogen-bond donors (Lipinski definition) is 1. The molecule has 6 nitrogen and oxygen atoms in total. The first-order valence-corrected chi connectivity index (χ1v) is 8.80. The van der Waals surface area contributed by atoms with Crippen LogP contribution in [0.5, 0.6) is 0 Å². The molecule has 6 heteroatoms. The predicted octanol–water partition coefficient (Wildman–Crippen LogP) is 2.94. The lowest BCUT2D eigenvalue weighted by Crippen LogP contribution is -2.35. The molecule has 0 saturated carbocycles. The van der Waals surface area contributed by atoms with Gasteiger partial charge in [0.15, 0.2) is 5.82 Å². The molecule has 1 saturated heterocycles. The van der Waals surface area contributed by atoms with Crippen molar-refractivity contribution in [2.24, 2.45) is 5.92 Å². The molecule has 1 aromatic heterocycles. The SMILES string of the molecule is Cc1cccc(CO[C@H]2C[C@@H](c3n[nH]c(C)n3)N(C(=O)C(C)C)C2)c1. The van der Waals surface area contributed by atoms with Gasteiger partial charge in [0.05, 0.1) is 18.8 Å². The molecule has 2 aromatic rings. The third kappa shape index (κ3) is 4.07. The zero-order valence-corrected chi connectivity index (χ0v) is 15.3. The van der Waals surface area contributed by atoms with Crippen molar-refractivity contribution >= 4 is 5.91 Å². The fourth-order valence-corrected chi connectivity index (χ4v) is 3.26. The molecule has 0 radical (unpaired) electrons. The van der Waals surface area contributed by atoms with Crippen molar-refractivity contribution < 1.29 is 9.53 Å². The summed E-state index contributed by atoms with van der Waals surface area (Å²) in [6.45, 7) is 8.92. The third-order valence-corrected chi connectivity index (χ3v) is 4.52. The van der Waals surface area contributed by atoms with Gasteiger partial charge in [-0.25, -0.2) is 4.98 Å². The molecule has 1 aliphatic rings. The van der Waals surface area contributed by atoms with Crippen molar-refractivity contribution in [2.45, 2.75) is 52.9 Å². The van der Waals surface area contributed by atoms with Crippen molar-refractivity contribution in [3.8, 4) is 0 Å². The zero-order valence-electron chi connectivity index (χ0n) is 15.3. The van der Waals surface area contributed by atoms with Gasteiger partial charge in [0.25, 0.3) is 0 Å². The molecule has 1 N–H and O–H groups in total. The van der Waals surface area contributed by atoms with Crippen LogP contribution in [0.1, 0.15) is 49.1 Å². The molecule has 25 heavy (non-hydrogen) atoms. The highest BCUT2D eigenvalue weighted by Crippen LogP contribution is 2.33. The van der Waals surface area contributed by atoms with Crippen molar-refractivity contribution in [1.29, 1.82) is 0 Å². The Morgan fingerprint density at radius 2 is 2.20 bits per heavy atom. The van der Waals surface area contributed by atoms with Crippen LogP contribution in [-0.4, -0.2) is 38.6 Å². The number of carbonyl (C=O) groups is 1. The number of nitrogens with zero attached hydrogens (tertiary/aromatic N) is 3. The molecular weight excluding hydrogens is 316 g/mol. The van der Waals surface area contributed by atoms with E-state index in [4.69, 9.17) is 4.74 Å². The minimum atomic E-state index is -0.123. The Kier molecular flexibility index (Phi) is 5.18. The lowest BCUT2D eigenvalue weighted by atomic mass is 10.1. The number of aryl methyl sites for hydroxylation is 2. The number of carbonyl (C=O) groups excluding carboxylic acids is 1. The normalized spacial score (nSPS) is 20.4. The van der Waals surface area contributed by atoms with E-state index >= 15 is 0 Å². The van der Waals surface area contributed by atoms with Gasteiger partial charge in [0, 0.05) is 18.9 Å². The molecule has 2 atom stereocenters. The Morgan fingerprint density at radius 1 is 1.40 bits per heavy atom. The number of ether oxygens (including phenoxy) is 1. The van der Waals surface area contributed by atoms with E-state index in [1.807, 2.05) is 31.7 Å². The fourth-order valence-electron chi connectivity index (χ4n) is 3.26. The maximum atomic E-state index is 12.6. The summed E-state index contributed by atoms with van der Waals surface area (Å²) in [6, 6.07) is 8.18. The van der Waals surface area contributed by atoms with Gasteiger partial charge in [0.1, 0.15) is 5.82 Å². The smallest absolute Gasteiger partial charge is 0.225 e. The summed E-state index contributed by atoms with van der Waals surface area (Å²) < 4.78 is 6.10. The quantitative estimate of drug-likeness (QED) is 0.907. The maximum absolute atomic E-state index is 12.6. The molecule has 2 heterocycles. The van der Waals surface area contributed by atoms with Gasteiger partial charge in [-0.2, -0.15) is 5.10 Å². The lowest BCUT2D eigenvalue weighted by Gasteiger charge is -2.24. The Labute approximate surface area is 148 Å². The van der Waals surface area contributed by atoms with E-state index in [0.29, 0.717) is 19.0 Å². The minimum absolute atomic E-state index is 0.00739. The highest BCUT2D eigenvalue weighted by molar-refractivity contribution is 5.78. The second-order valence-electron chi connectivity index (χ2n) is 7.10. The van der Waals surface area contributed by atoms with E-state index in [2.05, 4.69) is 40.3 Å². The van der Waals surface area contributed by atoms with Gasteiger partial charge in [-0.15, -0.1) is 0 Å². The molecular formula is C19H26N4O2. The summed E-state index contributed by atoms with van der Waals surface area (Å²) in [5.74, 6) is 1.50. The first-order valence-electron chi connectivity index (χ1n) is 8.80. The molecule has 1 aliphatic heterocycles. The predicted molar refractivity (Wildman–Crippen MR) is 94.8 cm³/mol. The first-order chi connectivity index (χ1) is 11.9. The van der Waals surface area contributed by atoms with Crippen LogP contribution in [0.3, 0.4) is 0 Å². The van der Waals surface area contributed by atoms with E-state index in [1.165, 1.54) is 5.56 Å². The summed E-state index contributed by atoms with van der Waals surface area (Å²) in [6.07, 6.45) is 0.716. The van der Waals surface area contributed by atoms with Crippen molar-refractivity contribution in [3.05, 3.63) is 47.0 Å². The van der Waals surface area contributed by atoms with Crippen molar-refractivity contribution in [1.82, 2.24) is 20.1 Å². The van der Waals surface area contributed by atoms with Gasteiger partial charge in [-0.3, -0.25) is 9.89 Å². The Hall–Kier alpha value is -2.21. The molecule has 1 fully saturated rings. The van der Waals surface area contributed by atoms with E-state index in [-0.39, 0.29) is 24.0 Å². The van der Waals surface area contributed by atoms with Crippen LogP contribution in [0.15, 0.2) is 24.3 Å².